The minimum atomic E-state index is -0.719. The molecule has 0 aliphatic carbocycles. The van der Waals surface area contributed by atoms with Crippen LogP contribution in [0.4, 0.5) is 5.13 Å². The van der Waals surface area contributed by atoms with Gasteiger partial charge in [0.15, 0.2) is 16.6 Å². The third kappa shape index (κ3) is 4.38. The number of hydrogen-bond acceptors (Lipinski definition) is 6. The predicted octanol–water partition coefficient (Wildman–Crippen LogP) is 4.43. The van der Waals surface area contributed by atoms with Gasteiger partial charge in [-0.2, -0.15) is 0 Å². The molecule has 0 radical (unpaired) electrons. The lowest BCUT2D eigenvalue weighted by molar-refractivity contribution is -0.130. The van der Waals surface area contributed by atoms with Gasteiger partial charge in [0.1, 0.15) is 6.10 Å². The molecular weight excluding hydrogens is 410 g/mol. The Balaban J connectivity index is 1.67. The molecule has 3 aromatic rings. The number of amides is 1. The van der Waals surface area contributed by atoms with E-state index in [4.69, 9.17) is 14.5 Å². The Morgan fingerprint density at radius 3 is 2.39 bits per heavy atom. The molecule has 164 valence electrons. The zero-order valence-electron chi connectivity index (χ0n) is 18.7. The van der Waals surface area contributed by atoms with Crippen LogP contribution in [0.1, 0.15) is 24.5 Å². The van der Waals surface area contributed by atoms with E-state index in [1.165, 1.54) is 5.56 Å². The van der Waals surface area contributed by atoms with Gasteiger partial charge in [0, 0.05) is 6.54 Å². The monoisotopic (exact) mass is 439 g/mol. The van der Waals surface area contributed by atoms with Gasteiger partial charge in [-0.25, -0.2) is 4.98 Å². The summed E-state index contributed by atoms with van der Waals surface area (Å²) in [5.41, 5.74) is 3.25. The van der Waals surface area contributed by atoms with Crippen LogP contribution in [0.5, 0.6) is 11.5 Å². The van der Waals surface area contributed by atoms with Crippen molar-refractivity contribution in [2.24, 2.45) is 0 Å². The Labute approximate surface area is 187 Å². The van der Waals surface area contributed by atoms with Crippen molar-refractivity contribution in [3.63, 3.8) is 0 Å². The van der Waals surface area contributed by atoms with Gasteiger partial charge in [-0.1, -0.05) is 35.6 Å². The van der Waals surface area contributed by atoms with E-state index >= 15 is 0 Å². The molecule has 0 saturated heterocycles. The number of carbonyl (C=O) groups excluding carboxylic acids is 1. The summed E-state index contributed by atoms with van der Waals surface area (Å²) in [7, 11) is 4.07. The Hall–Kier alpha value is -2.64. The SMILES string of the molecule is Cc1ccc(C)c2sc(N(CCCN(C)C)C(=O)C3Oc4ccccc4OC3C)nc12. The second-order valence-electron chi connectivity index (χ2n) is 8.33. The van der Waals surface area contributed by atoms with E-state index in [1.54, 1.807) is 16.2 Å². The standard InChI is InChI=1S/C24H29N3O3S/c1-15-11-12-16(2)22-20(15)25-24(31-22)27(14-8-13-26(4)5)23(28)21-17(3)29-18-9-6-7-10-19(18)30-21/h6-7,9-12,17,21H,8,13-14H2,1-5H3. The molecular formula is C24H29N3O3S. The molecule has 1 amide bonds. The number of fused-ring (bicyclic) bond motifs is 2. The highest BCUT2D eigenvalue weighted by Crippen LogP contribution is 2.36. The highest BCUT2D eigenvalue weighted by Gasteiger charge is 2.38. The molecule has 0 spiro atoms. The minimum absolute atomic E-state index is 0.116. The molecule has 0 fully saturated rings. The number of ether oxygens (including phenoxy) is 2. The minimum Gasteiger partial charge on any atom is -0.482 e. The maximum Gasteiger partial charge on any atom is 0.273 e. The molecule has 31 heavy (non-hydrogen) atoms. The normalized spacial score (nSPS) is 17.9. The zero-order valence-corrected chi connectivity index (χ0v) is 19.5. The van der Waals surface area contributed by atoms with Crippen LogP contribution in [0, 0.1) is 13.8 Å². The van der Waals surface area contributed by atoms with Crippen LogP contribution in [-0.4, -0.2) is 55.2 Å². The van der Waals surface area contributed by atoms with Gasteiger partial charge in [0.05, 0.1) is 10.2 Å². The largest absolute Gasteiger partial charge is 0.482 e. The average Bonchev–Trinajstić information content (AvgIpc) is 3.19. The van der Waals surface area contributed by atoms with Crippen molar-refractivity contribution in [1.29, 1.82) is 0 Å². The zero-order chi connectivity index (χ0) is 22.1. The Morgan fingerprint density at radius 2 is 1.71 bits per heavy atom. The van der Waals surface area contributed by atoms with Gasteiger partial charge in [0.25, 0.3) is 5.91 Å². The number of aromatic nitrogens is 1. The van der Waals surface area contributed by atoms with Gasteiger partial charge in [0.2, 0.25) is 6.10 Å². The van der Waals surface area contributed by atoms with Crippen LogP contribution in [0.15, 0.2) is 36.4 Å². The van der Waals surface area contributed by atoms with E-state index in [2.05, 4.69) is 30.9 Å². The first-order valence-corrected chi connectivity index (χ1v) is 11.4. The molecule has 0 N–H and O–H groups in total. The maximum absolute atomic E-state index is 13.7. The fraction of sp³-hybridized carbons (Fsp3) is 0.417. The lowest BCUT2D eigenvalue weighted by atomic mass is 10.1. The van der Waals surface area contributed by atoms with Gasteiger partial charge < -0.3 is 14.4 Å². The third-order valence-electron chi connectivity index (χ3n) is 5.50. The van der Waals surface area contributed by atoms with Gasteiger partial charge in [-0.3, -0.25) is 9.69 Å². The highest BCUT2D eigenvalue weighted by molar-refractivity contribution is 7.22. The molecule has 2 atom stereocenters. The first kappa shape index (κ1) is 21.6. The van der Waals surface area contributed by atoms with E-state index < -0.39 is 12.2 Å². The molecule has 2 aromatic carbocycles. The van der Waals surface area contributed by atoms with Crippen LogP contribution < -0.4 is 14.4 Å². The van der Waals surface area contributed by atoms with Crippen molar-refractivity contribution >= 4 is 32.6 Å². The molecule has 1 aliphatic heterocycles. The number of carbonyl (C=O) groups is 1. The Morgan fingerprint density at radius 1 is 1.03 bits per heavy atom. The lowest BCUT2D eigenvalue weighted by Crippen LogP contribution is -2.51. The van der Waals surface area contributed by atoms with E-state index in [0.717, 1.165) is 28.7 Å². The Kier molecular flexibility index (Phi) is 6.16. The van der Waals surface area contributed by atoms with E-state index in [0.29, 0.717) is 23.2 Å². The molecule has 0 bridgehead atoms. The summed E-state index contributed by atoms with van der Waals surface area (Å²) in [5.74, 6) is 1.16. The number of hydrogen-bond donors (Lipinski definition) is 0. The molecule has 6 nitrogen and oxygen atoms in total. The maximum atomic E-state index is 13.7. The number of para-hydroxylation sites is 2. The lowest BCUT2D eigenvalue weighted by Gasteiger charge is -2.33. The summed E-state index contributed by atoms with van der Waals surface area (Å²) >= 11 is 1.57. The molecule has 4 rings (SSSR count). The number of anilines is 1. The fourth-order valence-corrected chi connectivity index (χ4v) is 4.90. The topological polar surface area (TPSA) is 54.9 Å². The molecule has 1 aromatic heterocycles. The van der Waals surface area contributed by atoms with Crippen molar-refractivity contribution in [3.8, 4) is 11.5 Å². The number of thiazole rings is 1. The summed E-state index contributed by atoms with van der Waals surface area (Å²) < 4.78 is 13.2. The van der Waals surface area contributed by atoms with E-state index in [1.807, 2.05) is 45.3 Å². The molecule has 7 heteroatoms. The van der Waals surface area contributed by atoms with Crippen LogP contribution in [0.3, 0.4) is 0 Å². The smallest absolute Gasteiger partial charge is 0.273 e. The van der Waals surface area contributed by atoms with Crippen molar-refractivity contribution < 1.29 is 14.3 Å². The van der Waals surface area contributed by atoms with Crippen LogP contribution >= 0.6 is 11.3 Å². The van der Waals surface area contributed by atoms with E-state index in [9.17, 15) is 4.79 Å². The van der Waals surface area contributed by atoms with Crippen LogP contribution in [-0.2, 0) is 4.79 Å². The molecule has 2 heterocycles. The molecule has 0 saturated carbocycles. The summed E-state index contributed by atoms with van der Waals surface area (Å²) in [6, 6.07) is 11.7. The first-order valence-electron chi connectivity index (χ1n) is 10.6. The van der Waals surface area contributed by atoms with Crippen LogP contribution in [0.2, 0.25) is 0 Å². The van der Waals surface area contributed by atoms with Crippen molar-refractivity contribution in [2.45, 2.75) is 39.4 Å². The number of nitrogens with zero attached hydrogens (tertiary/aromatic N) is 3. The number of benzene rings is 2. The third-order valence-corrected chi connectivity index (χ3v) is 6.71. The summed E-state index contributed by atoms with van der Waals surface area (Å²) in [4.78, 5) is 22.5. The summed E-state index contributed by atoms with van der Waals surface area (Å²) in [5, 5.41) is 0.714. The highest BCUT2D eigenvalue weighted by atomic mass is 32.1. The number of aryl methyl sites for hydroxylation is 2. The van der Waals surface area contributed by atoms with Crippen molar-refractivity contribution in [2.75, 3.05) is 32.1 Å². The predicted molar refractivity (Wildman–Crippen MR) is 126 cm³/mol. The van der Waals surface area contributed by atoms with Crippen LogP contribution in [0.25, 0.3) is 10.2 Å². The number of rotatable bonds is 6. The van der Waals surface area contributed by atoms with Gasteiger partial charge in [-0.15, -0.1) is 0 Å². The average molecular weight is 440 g/mol. The second kappa shape index (κ2) is 8.85. The first-order chi connectivity index (χ1) is 14.8. The molecule has 2 unspecified atom stereocenters. The second-order valence-corrected chi connectivity index (χ2v) is 9.31. The Bertz CT molecular complexity index is 1060. The fourth-order valence-electron chi connectivity index (χ4n) is 3.75. The van der Waals surface area contributed by atoms with Gasteiger partial charge in [-0.05, 0) is 71.1 Å². The summed E-state index contributed by atoms with van der Waals surface area (Å²) in [6.07, 6.45) is -0.273. The molecule has 1 aliphatic rings. The van der Waals surface area contributed by atoms with Gasteiger partial charge >= 0.3 is 0 Å². The summed E-state index contributed by atoms with van der Waals surface area (Å²) in [6.45, 7) is 7.47. The quantitative estimate of drug-likeness (QED) is 0.569. The van der Waals surface area contributed by atoms with Crippen molar-refractivity contribution in [1.82, 2.24) is 9.88 Å². The van der Waals surface area contributed by atoms with Crippen molar-refractivity contribution in [3.05, 3.63) is 47.5 Å². The van der Waals surface area contributed by atoms with E-state index in [-0.39, 0.29) is 5.91 Å².